The Morgan fingerprint density at radius 1 is 0.845 bits per heavy atom. The molecular formula is C54H53N7O10. The summed E-state index contributed by atoms with van der Waals surface area (Å²) in [6.45, 7) is 5.79. The standard InChI is InChI=1S/C54H53N7O10/c1-32(2)43(49(64)69-3)58-53(68)60-41-25-16-33(11-10-26-56-52(55)67)31-40(41)54(51(60)66)42(48(63)57-37-19-21-38(22-20-37)59-27-29-70-30-28-59)45-50(65)71-46(35-14-8-5-9-15-35)44(34-12-6-4-7-13-34)61(45)47(54)36-17-23-39(62)24-18-36/h4-9,12-25,31-32,42-47,62H,26-30H2,1-3H3,(H,57,63)(H,58,68)(H3,55,56,67)/t42-,43+,44-,45-,46+,47+,54-/m1/s1. The number of phenolic OH excluding ortho intramolecular Hbond substituents is 1. The Bertz CT molecular complexity index is 2900. The van der Waals surface area contributed by atoms with Crippen LogP contribution in [0.25, 0.3) is 0 Å². The highest BCUT2D eigenvalue weighted by atomic mass is 16.6. The molecule has 7 atom stereocenters. The minimum atomic E-state index is -2.18. The number of carbonyl (C=O) groups is 6. The first kappa shape index (κ1) is 47.8. The number of hydrogen-bond acceptors (Lipinski definition) is 12. The molecule has 71 heavy (non-hydrogen) atoms. The van der Waals surface area contributed by atoms with Gasteiger partial charge in [0.1, 0.15) is 29.4 Å². The van der Waals surface area contributed by atoms with Crippen molar-refractivity contribution in [1.29, 1.82) is 0 Å². The van der Waals surface area contributed by atoms with Crippen molar-refractivity contribution < 1.29 is 48.1 Å². The lowest BCUT2D eigenvalue weighted by Gasteiger charge is -2.46. The van der Waals surface area contributed by atoms with Crippen LogP contribution >= 0.6 is 0 Å². The second-order valence-corrected chi connectivity index (χ2v) is 18.1. The van der Waals surface area contributed by atoms with Crippen molar-refractivity contribution in [3.8, 4) is 17.6 Å². The third-order valence-corrected chi connectivity index (χ3v) is 13.6. The molecule has 0 radical (unpaired) electrons. The van der Waals surface area contributed by atoms with Gasteiger partial charge in [-0.25, -0.2) is 19.3 Å². The highest BCUT2D eigenvalue weighted by Gasteiger charge is 2.75. The average molecular weight is 960 g/mol. The fourth-order valence-electron chi connectivity index (χ4n) is 10.5. The largest absolute Gasteiger partial charge is 0.508 e. The van der Waals surface area contributed by atoms with Crippen molar-refractivity contribution >= 4 is 52.9 Å². The molecule has 17 heteroatoms. The molecule has 9 rings (SSSR count). The zero-order valence-electron chi connectivity index (χ0n) is 39.2. The Labute approximate surface area is 410 Å². The molecule has 17 nitrogen and oxygen atoms in total. The summed E-state index contributed by atoms with van der Waals surface area (Å²) in [7, 11) is 1.19. The number of anilines is 3. The normalized spacial score (nSPS) is 22.9. The van der Waals surface area contributed by atoms with Gasteiger partial charge in [-0.1, -0.05) is 98.5 Å². The van der Waals surface area contributed by atoms with Gasteiger partial charge < -0.3 is 45.9 Å². The smallest absolute Gasteiger partial charge is 0.329 e. The van der Waals surface area contributed by atoms with Crippen molar-refractivity contribution in [2.45, 2.75) is 49.5 Å². The number of cyclic esters (lactones) is 1. The lowest BCUT2D eigenvalue weighted by molar-refractivity contribution is -0.177. The van der Waals surface area contributed by atoms with Crippen LogP contribution in [0.4, 0.5) is 26.7 Å². The summed E-state index contributed by atoms with van der Waals surface area (Å²) in [4.78, 5) is 92.7. The molecule has 5 aromatic carbocycles. The van der Waals surface area contributed by atoms with Crippen LogP contribution in [0.15, 0.2) is 127 Å². The van der Waals surface area contributed by atoms with Gasteiger partial charge in [-0.2, -0.15) is 0 Å². The lowest BCUT2D eigenvalue weighted by atomic mass is 9.65. The predicted molar refractivity (Wildman–Crippen MR) is 262 cm³/mol. The fraction of sp³-hybridized carbons (Fsp3) is 0.296. The van der Waals surface area contributed by atoms with E-state index in [1.54, 1.807) is 50.2 Å². The first-order chi connectivity index (χ1) is 34.3. The number of carbonyl (C=O) groups excluding carboxylic acids is 6. The second kappa shape index (κ2) is 20.0. The number of ether oxygens (including phenoxy) is 3. The topological polar surface area (TPSA) is 222 Å². The van der Waals surface area contributed by atoms with Crippen LogP contribution < -0.4 is 31.5 Å². The summed E-state index contributed by atoms with van der Waals surface area (Å²) in [6.07, 6.45) is -0.981. The van der Waals surface area contributed by atoms with E-state index in [4.69, 9.17) is 19.9 Å². The molecule has 4 aliphatic rings. The number of benzene rings is 5. The molecule has 3 fully saturated rings. The van der Waals surface area contributed by atoms with E-state index in [0.717, 1.165) is 10.6 Å². The minimum absolute atomic E-state index is 0.0567. The van der Waals surface area contributed by atoms with Gasteiger partial charge in [-0.05, 0) is 82.8 Å². The Morgan fingerprint density at radius 3 is 2.14 bits per heavy atom. The number of amides is 6. The highest BCUT2D eigenvalue weighted by Crippen LogP contribution is 2.66. The summed E-state index contributed by atoms with van der Waals surface area (Å²) in [5.74, 6) is 0.486. The number of aromatic hydroxyl groups is 1. The van der Waals surface area contributed by atoms with E-state index in [1.165, 1.54) is 25.3 Å². The van der Waals surface area contributed by atoms with E-state index < -0.39 is 83.3 Å². The molecule has 1 spiro atoms. The van der Waals surface area contributed by atoms with Crippen molar-refractivity contribution in [2.75, 3.05) is 55.1 Å². The number of rotatable bonds is 10. The Balaban J connectivity index is 1.31. The molecule has 3 saturated heterocycles. The summed E-state index contributed by atoms with van der Waals surface area (Å²) < 4.78 is 17.2. The van der Waals surface area contributed by atoms with Crippen LogP contribution in [-0.4, -0.2) is 97.9 Å². The molecule has 6 N–H and O–H groups in total. The van der Waals surface area contributed by atoms with Crippen LogP contribution in [0.2, 0.25) is 0 Å². The molecule has 364 valence electrons. The third kappa shape index (κ3) is 8.88. The molecule has 5 aromatic rings. The maximum absolute atomic E-state index is 16.6. The number of fused-ring (bicyclic) bond motifs is 3. The Kier molecular flexibility index (Phi) is 13.5. The van der Waals surface area contributed by atoms with Gasteiger partial charge in [0, 0.05) is 30.0 Å². The zero-order valence-corrected chi connectivity index (χ0v) is 39.2. The molecule has 0 aliphatic carbocycles. The maximum atomic E-state index is 16.6. The number of hydrogen-bond donors (Lipinski definition) is 5. The number of imide groups is 1. The number of morpholine rings is 2. The monoisotopic (exact) mass is 959 g/mol. The van der Waals surface area contributed by atoms with E-state index >= 15 is 19.2 Å². The van der Waals surface area contributed by atoms with E-state index in [0.29, 0.717) is 54.2 Å². The van der Waals surface area contributed by atoms with Crippen molar-refractivity contribution in [3.63, 3.8) is 0 Å². The van der Waals surface area contributed by atoms with Gasteiger partial charge >= 0.3 is 24.0 Å². The molecule has 4 heterocycles. The van der Waals surface area contributed by atoms with E-state index in [2.05, 4.69) is 32.7 Å². The second-order valence-electron chi connectivity index (χ2n) is 18.1. The summed E-state index contributed by atoms with van der Waals surface area (Å²) in [6, 6.07) is 30.0. The average Bonchev–Trinajstić information content (AvgIpc) is 3.84. The van der Waals surface area contributed by atoms with Gasteiger partial charge in [-0.15, -0.1) is 0 Å². The molecule has 0 unspecified atom stereocenters. The van der Waals surface area contributed by atoms with Crippen LogP contribution in [0.1, 0.15) is 59.9 Å². The summed E-state index contributed by atoms with van der Waals surface area (Å²) in [5.41, 5.74) is 6.72. The maximum Gasteiger partial charge on any atom is 0.329 e. The first-order valence-electron chi connectivity index (χ1n) is 23.3. The van der Waals surface area contributed by atoms with Gasteiger partial charge in [0.15, 0.2) is 0 Å². The third-order valence-electron chi connectivity index (χ3n) is 13.6. The van der Waals surface area contributed by atoms with Crippen LogP contribution in [0.3, 0.4) is 0 Å². The van der Waals surface area contributed by atoms with Crippen molar-refractivity contribution in [1.82, 2.24) is 15.5 Å². The van der Waals surface area contributed by atoms with E-state index in [1.807, 2.05) is 77.7 Å². The van der Waals surface area contributed by atoms with E-state index in [9.17, 15) is 14.7 Å². The molecule has 4 aliphatic heterocycles. The Hall–Kier alpha value is -8.20. The minimum Gasteiger partial charge on any atom is -0.508 e. The number of methoxy groups -OCH3 is 1. The molecule has 6 amide bonds. The van der Waals surface area contributed by atoms with Crippen molar-refractivity contribution in [3.05, 3.63) is 155 Å². The molecular weight excluding hydrogens is 907 g/mol. The number of nitrogens with one attached hydrogen (secondary N) is 3. The number of primary amides is 1. The quantitative estimate of drug-likeness (QED) is 0.0870. The lowest BCUT2D eigenvalue weighted by Crippen LogP contribution is -2.57. The number of phenols is 1. The van der Waals surface area contributed by atoms with Gasteiger partial charge in [0.2, 0.25) is 11.8 Å². The molecule has 0 aromatic heterocycles. The highest BCUT2D eigenvalue weighted by molar-refractivity contribution is 6.25. The molecule has 0 saturated carbocycles. The van der Waals surface area contributed by atoms with Crippen LogP contribution in [0.5, 0.6) is 5.75 Å². The summed E-state index contributed by atoms with van der Waals surface area (Å²) >= 11 is 0. The summed E-state index contributed by atoms with van der Waals surface area (Å²) in [5, 5.41) is 19.0. The van der Waals surface area contributed by atoms with Crippen LogP contribution in [-0.2, 0) is 38.8 Å². The van der Waals surface area contributed by atoms with Gasteiger partial charge in [0.05, 0.1) is 50.6 Å². The Morgan fingerprint density at radius 2 is 1.51 bits per heavy atom. The zero-order chi connectivity index (χ0) is 50.0. The van der Waals surface area contributed by atoms with Gasteiger partial charge in [0.25, 0.3) is 0 Å². The molecule has 0 bridgehead atoms. The van der Waals surface area contributed by atoms with E-state index in [-0.39, 0.29) is 23.5 Å². The predicted octanol–water partition coefficient (Wildman–Crippen LogP) is 5.46. The fourth-order valence-corrected chi connectivity index (χ4v) is 10.5. The SMILES string of the molecule is COC(=O)[C@@H](NC(=O)N1C(=O)[C@@]2(c3cc(C#CCNC(N)=O)ccc31)[C@H](c1ccc(O)cc1)N1[C@H](c3ccccc3)[C@H](c3ccccc3)OC(=O)[C@H]1[C@@H]2C(=O)Nc1ccc(N2CCOCC2)cc1)C(C)C. The van der Waals surface area contributed by atoms with Crippen LogP contribution in [0, 0.1) is 23.7 Å². The van der Waals surface area contributed by atoms with Crippen molar-refractivity contribution in [2.24, 2.45) is 17.6 Å². The number of esters is 2. The first-order valence-corrected chi connectivity index (χ1v) is 23.3. The number of urea groups is 2. The van der Waals surface area contributed by atoms with Gasteiger partial charge in [-0.3, -0.25) is 19.3 Å². The number of nitrogens with zero attached hydrogens (tertiary/aromatic N) is 3. The number of nitrogens with two attached hydrogens (primary N) is 1.